The van der Waals surface area contributed by atoms with Gasteiger partial charge in [-0.2, -0.15) is 0 Å². The Bertz CT molecular complexity index is 1560. The first kappa shape index (κ1) is 17.3. The molecule has 0 unspecified atom stereocenters. The average molecular weight is 389 g/mol. The first-order valence-electron chi connectivity index (χ1n) is 10.5. The van der Waals surface area contributed by atoms with Crippen LogP contribution >= 0.6 is 0 Å². The van der Waals surface area contributed by atoms with Gasteiger partial charge in [0.25, 0.3) is 0 Å². The molecule has 0 saturated heterocycles. The summed E-state index contributed by atoms with van der Waals surface area (Å²) in [5.41, 5.74) is 6.80. The fourth-order valence-electron chi connectivity index (χ4n) is 4.59. The van der Waals surface area contributed by atoms with E-state index in [2.05, 4.69) is 98.1 Å². The minimum absolute atomic E-state index is 0.0961. The van der Waals surface area contributed by atoms with Crippen LogP contribution in [-0.2, 0) is 5.41 Å². The van der Waals surface area contributed by atoms with Crippen molar-refractivity contribution in [3.8, 4) is 5.69 Å². The Labute approximate surface area is 175 Å². The molecule has 0 radical (unpaired) electrons. The summed E-state index contributed by atoms with van der Waals surface area (Å²) in [6.45, 7) is 6.80. The minimum Gasteiger partial charge on any atom is -0.454 e. The van der Waals surface area contributed by atoms with Gasteiger partial charge in [-0.3, -0.25) is 0 Å². The van der Waals surface area contributed by atoms with E-state index in [0.29, 0.717) is 0 Å². The fraction of sp³-hybridized carbons (Fsp3) is 0.143. The molecule has 6 aromatic rings. The first-order chi connectivity index (χ1) is 14.5. The van der Waals surface area contributed by atoms with Crippen LogP contribution in [-0.4, -0.2) is 4.57 Å². The number of fused-ring (bicyclic) bond motifs is 7. The Morgan fingerprint density at radius 3 is 2.20 bits per heavy atom. The van der Waals surface area contributed by atoms with Gasteiger partial charge in [0.1, 0.15) is 5.58 Å². The summed E-state index contributed by atoms with van der Waals surface area (Å²) in [6, 6.07) is 30.2. The molecule has 0 bridgehead atoms. The zero-order valence-electron chi connectivity index (χ0n) is 17.4. The van der Waals surface area contributed by atoms with Crippen molar-refractivity contribution in [2.45, 2.75) is 26.2 Å². The van der Waals surface area contributed by atoms with E-state index < -0.39 is 0 Å². The third-order valence-electron chi connectivity index (χ3n) is 6.15. The first-order valence-corrected chi connectivity index (χ1v) is 10.5. The monoisotopic (exact) mass is 389 g/mol. The summed E-state index contributed by atoms with van der Waals surface area (Å²) in [6.07, 6.45) is 0. The second kappa shape index (κ2) is 5.99. The van der Waals surface area contributed by atoms with Crippen LogP contribution in [0.15, 0.2) is 89.3 Å². The van der Waals surface area contributed by atoms with E-state index in [-0.39, 0.29) is 5.41 Å². The Balaban J connectivity index is 1.85. The van der Waals surface area contributed by atoms with E-state index in [1.54, 1.807) is 0 Å². The largest absolute Gasteiger partial charge is 0.454 e. The molecular formula is C28H23NO. The van der Waals surface area contributed by atoms with Crippen LogP contribution in [0, 0.1) is 0 Å². The topological polar surface area (TPSA) is 18.1 Å². The zero-order chi connectivity index (χ0) is 20.5. The SMILES string of the molecule is CC(C)(C)c1ccc2c(c1)c1ccc3c4ccccc4oc3c1n2-c1ccccc1. The van der Waals surface area contributed by atoms with Crippen molar-refractivity contribution >= 4 is 43.7 Å². The van der Waals surface area contributed by atoms with Crippen LogP contribution in [0.2, 0.25) is 0 Å². The number of nitrogens with zero attached hydrogens (tertiary/aromatic N) is 1. The number of furan rings is 1. The number of hydrogen-bond donors (Lipinski definition) is 0. The molecule has 4 aromatic carbocycles. The summed E-state index contributed by atoms with van der Waals surface area (Å²) < 4.78 is 8.78. The molecule has 2 heterocycles. The molecule has 0 saturated carbocycles. The van der Waals surface area contributed by atoms with Gasteiger partial charge < -0.3 is 8.98 Å². The van der Waals surface area contributed by atoms with E-state index >= 15 is 0 Å². The van der Waals surface area contributed by atoms with E-state index in [9.17, 15) is 0 Å². The van der Waals surface area contributed by atoms with Crippen LogP contribution in [0.5, 0.6) is 0 Å². The molecule has 0 aliphatic rings. The lowest BCUT2D eigenvalue weighted by Gasteiger charge is -2.19. The van der Waals surface area contributed by atoms with Crippen molar-refractivity contribution in [3.63, 3.8) is 0 Å². The second-order valence-electron chi connectivity index (χ2n) is 9.09. The molecule has 0 amide bonds. The van der Waals surface area contributed by atoms with Crippen molar-refractivity contribution in [3.05, 3.63) is 90.5 Å². The van der Waals surface area contributed by atoms with Crippen LogP contribution in [0.25, 0.3) is 49.4 Å². The van der Waals surface area contributed by atoms with Gasteiger partial charge in [-0.1, -0.05) is 69.3 Å². The number of benzene rings is 4. The molecular weight excluding hydrogens is 366 g/mol. The number of aromatic nitrogens is 1. The normalized spacial score (nSPS) is 12.5. The summed E-state index contributed by atoms with van der Waals surface area (Å²) in [5.74, 6) is 0. The third-order valence-corrected chi connectivity index (χ3v) is 6.15. The lowest BCUT2D eigenvalue weighted by atomic mass is 9.86. The third kappa shape index (κ3) is 2.37. The second-order valence-corrected chi connectivity index (χ2v) is 9.09. The summed E-state index contributed by atoms with van der Waals surface area (Å²) >= 11 is 0. The van der Waals surface area contributed by atoms with Crippen molar-refractivity contribution in [2.24, 2.45) is 0 Å². The molecule has 0 spiro atoms. The molecule has 2 heteroatoms. The Morgan fingerprint density at radius 1 is 0.667 bits per heavy atom. The van der Waals surface area contributed by atoms with Crippen LogP contribution in [0.4, 0.5) is 0 Å². The minimum atomic E-state index is 0.0961. The summed E-state index contributed by atoms with van der Waals surface area (Å²) in [5, 5.41) is 4.82. The van der Waals surface area contributed by atoms with Crippen LogP contribution < -0.4 is 0 Å². The van der Waals surface area contributed by atoms with Crippen molar-refractivity contribution in [1.82, 2.24) is 4.57 Å². The number of rotatable bonds is 1. The van der Waals surface area contributed by atoms with Gasteiger partial charge in [0.15, 0.2) is 5.58 Å². The predicted molar refractivity (Wildman–Crippen MR) is 127 cm³/mol. The van der Waals surface area contributed by atoms with Gasteiger partial charge in [-0.05, 0) is 47.4 Å². The van der Waals surface area contributed by atoms with Gasteiger partial charge in [0.05, 0.1) is 11.0 Å². The lowest BCUT2D eigenvalue weighted by Crippen LogP contribution is -2.10. The maximum atomic E-state index is 6.43. The maximum absolute atomic E-state index is 6.43. The Kier molecular flexibility index (Phi) is 3.47. The average Bonchev–Trinajstić information content (AvgIpc) is 3.29. The maximum Gasteiger partial charge on any atom is 0.160 e. The molecule has 146 valence electrons. The molecule has 2 nitrogen and oxygen atoms in total. The summed E-state index contributed by atoms with van der Waals surface area (Å²) in [4.78, 5) is 0. The zero-order valence-corrected chi connectivity index (χ0v) is 17.4. The highest BCUT2D eigenvalue weighted by Gasteiger charge is 2.21. The molecule has 0 aliphatic carbocycles. The lowest BCUT2D eigenvalue weighted by molar-refractivity contribution is 0.591. The standard InChI is InChI=1S/C28H23NO/c1-28(2,3)18-13-16-24-23(17-18)21-14-15-22-20-11-7-8-12-25(20)30-27(22)26(21)29(24)19-9-5-4-6-10-19/h4-17H,1-3H3. The molecule has 0 aliphatic heterocycles. The Morgan fingerprint density at radius 2 is 1.40 bits per heavy atom. The molecule has 0 N–H and O–H groups in total. The van der Waals surface area contributed by atoms with Crippen molar-refractivity contribution < 1.29 is 4.42 Å². The van der Waals surface area contributed by atoms with Crippen molar-refractivity contribution in [1.29, 1.82) is 0 Å². The van der Waals surface area contributed by atoms with Gasteiger partial charge in [-0.15, -0.1) is 0 Å². The highest BCUT2D eigenvalue weighted by atomic mass is 16.3. The van der Waals surface area contributed by atoms with Gasteiger partial charge in [-0.25, -0.2) is 0 Å². The highest BCUT2D eigenvalue weighted by molar-refractivity contribution is 6.21. The van der Waals surface area contributed by atoms with Crippen molar-refractivity contribution in [2.75, 3.05) is 0 Å². The van der Waals surface area contributed by atoms with Crippen LogP contribution in [0.3, 0.4) is 0 Å². The molecule has 0 fully saturated rings. The molecule has 6 rings (SSSR count). The summed E-state index contributed by atoms with van der Waals surface area (Å²) in [7, 11) is 0. The quantitative estimate of drug-likeness (QED) is 0.279. The Hall–Kier alpha value is -3.52. The van der Waals surface area contributed by atoms with Crippen LogP contribution in [0.1, 0.15) is 26.3 Å². The van der Waals surface area contributed by atoms with E-state index in [1.807, 2.05) is 12.1 Å². The highest BCUT2D eigenvalue weighted by Crippen LogP contribution is 2.41. The number of hydrogen-bond acceptors (Lipinski definition) is 1. The van der Waals surface area contributed by atoms with E-state index in [4.69, 9.17) is 4.42 Å². The van der Waals surface area contributed by atoms with Gasteiger partial charge in [0.2, 0.25) is 0 Å². The molecule has 2 aromatic heterocycles. The fourth-order valence-corrected chi connectivity index (χ4v) is 4.59. The smallest absolute Gasteiger partial charge is 0.160 e. The number of para-hydroxylation sites is 2. The molecule has 30 heavy (non-hydrogen) atoms. The van der Waals surface area contributed by atoms with E-state index in [1.165, 1.54) is 21.9 Å². The van der Waals surface area contributed by atoms with Gasteiger partial charge in [0, 0.05) is 27.2 Å². The van der Waals surface area contributed by atoms with E-state index in [0.717, 1.165) is 33.1 Å². The van der Waals surface area contributed by atoms with Gasteiger partial charge >= 0.3 is 0 Å². The molecule has 0 atom stereocenters. The predicted octanol–water partition coefficient (Wildman–Crippen LogP) is 7.98.